The Morgan fingerprint density at radius 1 is 1.70 bits per heavy atom. The molecule has 0 spiro atoms. The van der Waals surface area contributed by atoms with Gasteiger partial charge in [-0.3, -0.25) is 0 Å². The summed E-state index contributed by atoms with van der Waals surface area (Å²) in [6.07, 6.45) is 4.75. The molecule has 0 amide bonds. The van der Waals surface area contributed by atoms with Gasteiger partial charge in [-0.15, -0.1) is 0 Å². The number of fused-ring (bicyclic) bond motifs is 1. The Balaban J connectivity index is 2.22. The number of thioether (sulfide) groups is 1. The van der Waals surface area contributed by atoms with Crippen molar-refractivity contribution >= 4 is 17.0 Å². The molecule has 0 saturated carbocycles. The summed E-state index contributed by atoms with van der Waals surface area (Å²) in [6, 6.07) is 0.711. The van der Waals surface area contributed by atoms with Crippen LogP contribution in [0.4, 0.5) is 0 Å². The van der Waals surface area contributed by atoms with Crippen molar-refractivity contribution in [3.05, 3.63) is 0 Å². The molecule has 2 heterocycles. The molecule has 1 atom stereocenters. The van der Waals surface area contributed by atoms with Crippen LogP contribution in [0.15, 0.2) is 0 Å². The highest BCUT2D eigenvalue weighted by Gasteiger charge is 2.38. The van der Waals surface area contributed by atoms with Crippen LogP contribution in [0, 0.1) is 0 Å². The Hall–Kier alpha value is -0.180. The molecule has 0 aromatic heterocycles. The number of hydrogen-bond acceptors (Lipinski definition) is 2. The third-order valence-corrected chi connectivity index (χ3v) is 2.89. The van der Waals surface area contributed by atoms with E-state index in [4.69, 9.17) is 4.74 Å². The van der Waals surface area contributed by atoms with E-state index in [1.165, 1.54) is 19.4 Å². The SMILES string of the molecule is CSC1=[N+]2CCC[C@H]2CO1. The second-order valence-corrected chi connectivity index (χ2v) is 3.53. The van der Waals surface area contributed by atoms with Gasteiger partial charge in [0.15, 0.2) is 12.6 Å². The highest BCUT2D eigenvalue weighted by atomic mass is 32.2. The summed E-state index contributed by atoms with van der Waals surface area (Å²) in [7, 11) is 0. The lowest BCUT2D eigenvalue weighted by Gasteiger charge is -1.91. The summed E-state index contributed by atoms with van der Waals surface area (Å²) in [6.45, 7) is 2.14. The number of nitrogens with zero attached hydrogens (tertiary/aromatic N) is 1. The van der Waals surface area contributed by atoms with E-state index in [2.05, 4.69) is 10.8 Å². The van der Waals surface area contributed by atoms with Crippen molar-refractivity contribution in [1.29, 1.82) is 0 Å². The van der Waals surface area contributed by atoms with E-state index in [0.29, 0.717) is 6.04 Å². The lowest BCUT2D eigenvalue weighted by atomic mass is 10.2. The van der Waals surface area contributed by atoms with Gasteiger partial charge in [0.1, 0.15) is 6.54 Å². The average molecular weight is 158 g/mol. The van der Waals surface area contributed by atoms with E-state index >= 15 is 0 Å². The standard InChI is InChI=1S/C7H12NOS/c1-10-7-8-4-2-3-6(8)5-9-7/h6H,2-5H2,1H3/q+1/t6-/m0/s1. The maximum atomic E-state index is 5.47. The monoisotopic (exact) mass is 158 g/mol. The van der Waals surface area contributed by atoms with Crippen LogP contribution in [0.25, 0.3) is 0 Å². The molecule has 0 unspecified atom stereocenters. The highest BCUT2D eigenvalue weighted by molar-refractivity contribution is 8.12. The van der Waals surface area contributed by atoms with E-state index in [0.717, 1.165) is 11.8 Å². The summed E-state index contributed by atoms with van der Waals surface area (Å²) in [5.74, 6) is 0. The van der Waals surface area contributed by atoms with Crippen molar-refractivity contribution < 1.29 is 9.31 Å². The first-order chi connectivity index (χ1) is 4.92. The molecule has 0 aliphatic carbocycles. The molecule has 1 saturated heterocycles. The fourth-order valence-corrected chi connectivity index (χ4v) is 2.34. The molecular formula is C7H12NOS+. The first-order valence-corrected chi connectivity index (χ1v) is 4.94. The first kappa shape index (κ1) is 6.53. The topological polar surface area (TPSA) is 12.2 Å². The highest BCUT2D eigenvalue weighted by Crippen LogP contribution is 2.21. The van der Waals surface area contributed by atoms with Gasteiger partial charge in [-0.05, 0) is 18.0 Å². The van der Waals surface area contributed by atoms with Gasteiger partial charge in [-0.1, -0.05) is 0 Å². The zero-order chi connectivity index (χ0) is 6.97. The van der Waals surface area contributed by atoms with Crippen LogP contribution in [0.3, 0.4) is 0 Å². The van der Waals surface area contributed by atoms with Crippen molar-refractivity contribution in [2.45, 2.75) is 18.9 Å². The lowest BCUT2D eigenvalue weighted by Crippen LogP contribution is -2.17. The Morgan fingerprint density at radius 2 is 2.60 bits per heavy atom. The van der Waals surface area contributed by atoms with Gasteiger partial charge >= 0.3 is 5.23 Å². The first-order valence-electron chi connectivity index (χ1n) is 3.72. The van der Waals surface area contributed by atoms with E-state index < -0.39 is 0 Å². The fraction of sp³-hybridized carbons (Fsp3) is 0.857. The van der Waals surface area contributed by atoms with Crippen molar-refractivity contribution in [3.63, 3.8) is 0 Å². The molecule has 2 aliphatic heterocycles. The molecule has 3 heteroatoms. The van der Waals surface area contributed by atoms with Crippen molar-refractivity contribution in [1.82, 2.24) is 0 Å². The molecule has 2 rings (SSSR count). The predicted octanol–water partition coefficient (Wildman–Crippen LogP) is 0.910. The average Bonchev–Trinajstić information content (AvgIpc) is 2.44. The van der Waals surface area contributed by atoms with E-state index in [1.807, 2.05) is 0 Å². The quantitative estimate of drug-likeness (QED) is 0.486. The van der Waals surface area contributed by atoms with Crippen LogP contribution >= 0.6 is 11.8 Å². The molecule has 1 fully saturated rings. The van der Waals surface area contributed by atoms with Crippen molar-refractivity contribution in [2.75, 3.05) is 19.4 Å². The molecule has 2 aliphatic rings. The number of hydrogen-bond donors (Lipinski definition) is 0. The van der Waals surface area contributed by atoms with Crippen LogP contribution in [0.5, 0.6) is 0 Å². The van der Waals surface area contributed by atoms with Gasteiger partial charge in [0.05, 0.1) is 0 Å². The minimum atomic E-state index is 0.711. The Labute approximate surface area is 65.3 Å². The van der Waals surface area contributed by atoms with Gasteiger partial charge in [-0.25, -0.2) is 0 Å². The second-order valence-electron chi connectivity index (χ2n) is 2.77. The third-order valence-electron chi connectivity index (χ3n) is 2.19. The molecule has 56 valence electrons. The zero-order valence-corrected chi connectivity index (χ0v) is 6.99. The molecule has 0 aromatic rings. The fourth-order valence-electron chi connectivity index (χ4n) is 1.68. The molecule has 0 bridgehead atoms. The van der Waals surface area contributed by atoms with Crippen molar-refractivity contribution in [3.8, 4) is 0 Å². The van der Waals surface area contributed by atoms with Crippen LogP contribution < -0.4 is 0 Å². The number of rotatable bonds is 0. The zero-order valence-electron chi connectivity index (χ0n) is 6.17. The van der Waals surface area contributed by atoms with Crippen LogP contribution in [-0.2, 0) is 4.74 Å². The molecule has 0 aromatic carbocycles. The summed E-state index contributed by atoms with van der Waals surface area (Å²) in [5.41, 5.74) is 0. The van der Waals surface area contributed by atoms with Gasteiger partial charge in [-0.2, -0.15) is 4.58 Å². The predicted molar refractivity (Wildman–Crippen MR) is 42.6 cm³/mol. The van der Waals surface area contributed by atoms with E-state index in [9.17, 15) is 0 Å². The maximum absolute atomic E-state index is 5.47. The third kappa shape index (κ3) is 0.839. The summed E-state index contributed by atoms with van der Waals surface area (Å²) >= 11 is 1.73. The van der Waals surface area contributed by atoms with Crippen LogP contribution in [-0.4, -0.2) is 35.3 Å². The molecular weight excluding hydrogens is 146 g/mol. The summed E-state index contributed by atoms with van der Waals surface area (Å²) < 4.78 is 7.87. The molecule has 0 radical (unpaired) electrons. The minimum Gasteiger partial charge on any atom is -0.432 e. The van der Waals surface area contributed by atoms with Gasteiger partial charge in [0.25, 0.3) is 0 Å². The molecule has 2 nitrogen and oxygen atoms in total. The normalized spacial score (nSPS) is 30.7. The van der Waals surface area contributed by atoms with Crippen molar-refractivity contribution in [2.24, 2.45) is 0 Å². The second kappa shape index (κ2) is 2.46. The largest absolute Gasteiger partial charge is 0.432 e. The van der Waals surface area contributed by atoms with E-state index in [1.54, 1.807) is 11.8 Å². The molecule has 10 heavy (non-hydrogen) atoms. The Bertz CT molecular complexity index is 178. The maximum Gasteiger partial charge on any atom is 0.400 e. The number of ether oxygens (including phenoxy) is 1. The Kier molecular flexibility index (Phi) is 1.60. The minimum absolute atomic E-state index is 0.711. The van der Waals surface area contributed by atoms with Gasteiger partial charge < -0.3 is 4.74 Å². The van der Waals surface area contributed by atoms with Gasteiger partial charge in [0, 0.05) is 12.8 Å². The summed E-state index contributed by atoms with van der Waals surface area (Å²) in [5, 5.41) is 1.14. The lowest BCUT2D eigenvalue weighted by molar-refractivity contribution is -0.530. The molecule has 0 N–H and O–H groups in total. The van der Waals surface area contributed by atoms with Crippen LogP contribution in [0.2, 0.25) is 0 Å². The van der Waals surface area contributed by atoms with E-state index in [-0.39, 0.29) is 0 Å². The smallest absolute Gasteiger partial charge is 0.400 e. The van der Waals surface area contributed by atoms with Gasteiger partial charge in [0.2, 0.25) is 0 Å². The van der Waals surface area contributed by atoms with Crippen LogP contribution in [0.1, 0.15) is 12.8 Å². The summed E-state index contributed by atoms with van der Waals surface area (Å²) in [4.78, 5) is 0. The Morgan fingerprint density at radius 3 is 3.40 bits per heavy atom.